The summed E-state index contributed by atoms with van der Waals surface area (Å²) in [5, 5.41) is 3.22. The van der Waals surface area contributed by atoms with Crippen LogP contribution in [-0.4, -0.2) is 23.1 Å². The average molecular weight is 457 g/mol. The van der Waals surface area contributed by atoms with Crippen molar-refractivity contribution in [1.82, 2.24) is 10.3 Å². The molecule has 6 rings (SSSR count). The second kappa shape index (κ2) is 7.62. The fourth-order valence-corrected chi connectivity index (χ4v) is 5.54. The van der Waals surface area contributed by atoms with E-state index >= 15 is 0 Å². The smallest absolute Gasteiger partial charge is 0.252 e. The highest BCUT2D eigenvalue weighted by Crippen LogP contribution is 2.57. The summed E-state index contributed by atoms with van der Waals surface area (Å²) in [5.41, 5.74) is 5.53. The Kier molecular flexibility index (Phi) is 4.77. The lowest BCUT2D eigenvalue weighted by atomic mass is 10.0. The molecule has 2 fully saturated rings. The first-order valence-corrected chi connectivity index (χ1v) is 12.1. The standard InChI is InChI=1S/C28H29FN4O/c1-16-4-11-25(30-18(3)12-16)33-15-20-13-22(20)26-23(33)9-10-24(31-26)28(14-17(28)2)32-27(34)19-5-7-21(29)8-6-19/h5-12,17,20,22H,4,13-15H2,1-3H3,(H,32,34)/t17-,20?,22?,28+/m1/s1. The van der Waals surface area contributed by atoms with Gasteiger partial charge in [-0.1, -0.05) is 12.5 Å². The lowest BCUT2D eigenvalue weighted by molar-refractivity contribution is 0.0926. The Morgan fingerprint density at radius 1 is 1.18 bits per heavy atom. The number of hydrogen-bond donors (Lipinski definition) is 1. The maximum atomic E-state index is 13.3. The summed E-state index contributed by atoms with van der Waals surface area (Å²) in [7, 11) is 0. The zero-order chi connectivity index (χ0) is 23.6. The Hall–Kier alpha value is -3.28. The van der Waals surface area contributed by atoms with Gasteiger partial charge in [0.1, 0.15) is 11.6 Å². The normalized spacial score (nSPS) is 29.1. The van der Waals surface area contributed by atoms with Crippen LogP contribution in [0.3, 0.4) is 0 Å². The number of aromatic nitrogens is 1. The third-order valence-corrected chi connectivity index (χ3v) is 7.72. The summed E-state index contributed by atoms with van der Waals surface area (Å²) < 4.78 is 13.3. The zero-order valence-electron chi connectivity index (χ0n) is 19.8. The molecule has 4 atom stereocenters. The lowest BCUT2D eigenvalue weighted by Crippen LogP contribution is -2.37. The van der Waals surface area contributed by atoms with Crippen LogP contribution in [0.2, 0.25) is 0 Å². The number of aliphatic imine (C=N–C) groups is 1. The Labute approximate surface area is 199 Å². The molecule has 1 aromatic carbocycles. The molecule has 0 saturated heterocycles. The summed E-state index contributed by atoms with van der Waals surface area (Å²) in [4.78, 5) is 25.3. The van der Waals surface area contributed by atoms with Gasteiger partial charge in [-0.15, -0.1) is 0 Å². The molecule has 6 heteroatoms. The van der Waals surface area contributed by atoms with Crippen LogP contribution in [0.5, 0.6) is 0 Å². The predicted octanol–water partition coefficient (Wildman–Crippen LogP) is 5.46. The van der Waals surface area contributed by atoms with E-state index in [-0.39, 0.29) is 11.7 Å². The largest absolute Gasteiger partial charge is 0.341 e. The molecule has 0 spiro atoms. The molecule has 2 aliphatic heterocycles. The molecule has 4 aliphatic rings. The number of fused-ring (bicyclic) bond motifs is 3. The van der Waals surface area contributed by atoms with Gasteiger partial charge in [-0.3, -0.25) is 9.78 Å². The molecule has 2 unspecified atom stereocenters. The van der Waals surface area contributed by atoms with Crippen molar-refractivity contribution < 1.29 is 9.18 Å². The molecule has 2 aliphatic carbocycles. The van der Waals surface area contributed by atoms with Crippen molar-refractivity contribution in [3.05, 3.63) is 82.7 Å². The summed E-state index contributed by atoms with van der Waals surface area (Å²) in [6, 6.07) is 9.93. The van der Waals surface area contributed by atoms with Gasteiger partial charge in [-0.25, -0.2) is 9.38 Å². The number of rotatable bonds is 4. The van der Waals surface area contributed by atoms with Crippen molar-refractivity contribution in [2.24, 2.45) is 16.8 Å². The van der Waals surface area contributed by atoms with Crippen LogP contribution in [0.1, 0.15) is 67.7 Å². The highest BCUT2D eigenvalue weighted by molar-refractivity contribution is 5.95. The fourth-order valence-electron chi connectivity index (χ4n) is 5.54. The third-order valence-electron chi connectivity index (χ3n) is 7.72. The van der Waals surface area contributed by atoms with E-state index < -0.39 is 5.54 Å². The van der Waals surface area contributed by atoms with E-state index in [1.807, 2.05) is 0 Å². The van der Waals surface area contributed by atoms with Crippen LogP contribution in [0, 0.1) is 17.7 Å². The quantitative estimate of drug-likeness (QED) is 0.665. The maximum absolute atomic E-state index is 13.3. The number of pyridine rings is 1. The van der Waals surface area contributed by atoms with Gasteiger partial charge in [0.15, 0.2) is 0 Å². The van der Waals surface area contributed by atoms with Gasteiger partial charge in [0.05, 0.1) is 22.6 Å². The minimum atomic E-state index is -0.468. The monoisotopic (exact) mass is 456 g/mol. The van der Waals surface area contributed by atoms with Gasteiger partial charge in [0.2, 0.25) is 0 Å². The Morgan fingerprint density at radius 2 is 1.94 bits per heavy atom. The number of hydrogen-bond acceptors (Lipinski definition) is 4. The highest BCUT2D eigenvalue weighted by Gasteiger charge is 2.56. The van der Waals surface area contributed by atoms with Crippen molar-refractivity contribution in [2.75, 3.05) is 11.4 Å². The summed E-state index contributed by atoms with van der Waals surface area (Å²) in [5.74, 6) is 1.85. The molecule has 1 N–H and O–H groups in total. The third kappa shape index (κ3) is 3.56. The number of carbonyl (C=O) groups is 1. The molecule has 3 heterocycles. The minimum Gasteiger partial charge on any atom is -0.341 e. The number of carbonyl (C=O) groups excluding carboxylic acids is 1. The topological polar surface area (TPSA) is 57.6 Å². The Bertz CT molecular complexity index is 1280. The van der Waals surface area contributed by atoms with Crippen LogP contribution in [0.25, 0.3) is 0 Å². The van der Waals surface area contributed by atoms with Gasteiger partial charge >= 0.3 is 0 Å². The van der Waals surface area contributed by atoms with Crippen molar-refractivity contribution >= 4 is 17.3 Å². The fraction of sp³-hybridized carbons (Fsp3) is 0.393. The van der Waals surface area contributed by atoms with Gasteiger partial charge < -0.3 is 10.2 Å². The van der Waals surface area contributed by atoms with Gasteiger partial charge in [0.25, 0.3) is 5.91 Å². The number of nitrogens with one attached hydrogen (secondary N) is 1. The Balaban J connectivity index is 1.32. The highest BCUT2D eigenvalue weighted by atomic mass is 19.1. The molecule has 2 saturated carbocycles. The van der Waals surface area contributed by atoms with E-state index in [0.717, 1.165) is 54.4 Å². The van der Waals surface area contributed by atoms with E-state index in [4.69, 9.17) is 9.98 Å². The molecule has 1 amide bonds. The first-order chi connectivity index (χ1) is 16.3. The molecule has 34 heavy (non-hydrogen) atoms. The molecule has 5 nitrogen and oxygen atoms in total. The minimum absolute atomic E-state index is 0.189. The molecular weight excluding hydrogens is 427 g/mol. The SMILES string of the molecule is CC1=CC(C)=NC(N2CC3CC3c3nc([C@]4(NC(=O)c5ccc(F)cc5)C[C@H]4C)ccc32)=CC1. The van der Waals surface area contributed by atoms with Crippen molar-refractivity contribution in [3.63, 3.8) is 0 Å². The molecule has 1 aromatic heterocycles. The summed E-state index contributed by atoms with van der Waals surface area (Å²) in [6.45, 7) is 7.31. The second-order valence-corrected chi connectivity index (χ2v) is 10.4. The van der Waals surface area contributed by atoms with E-state index in [1.54, 1.807) is 0 Å². The van der Waals surface area contributed by atoms with Crippen LogP contribution in [-0.2, 0) is 5.54 Å². The predicted molar refractivity (Wildman–Crippen MR) is 131 cm³/mol. The van der Waals surface area contributed by atoms with E-state index in [0.29, 0.717) is 23.3 Å². The lowest BCUT2D eigenvalue weighted by Gasteiger charge is -2.31. The van der Waals surface area contributed by atoms with Crippen molar-refractivity contribution in [3.8, 4) is 0 Å². The van der Waals surface area contributed by atoms with E-state index in [2.05, 4.69) is 55.3 Å². The Morgan fingerprint density at radius 3 is 2.68 bits per heavy atom. The molecular formula is C28H29FN4O. The number of nitrogens with zero attached hydrogens (tertiary/aromatic N) is 3. The first-order valence-electron chi connectivity index (χ1n) is 12.1. The summed E-state index contributed by atoms with van der Waals surface area (Å²) in [6.07, 6.45) is 7.27. The molecule has 0 bridgehead atoms. The van der Waals surface area contributed by atoms with Crippen LogP contribution < -0.4 is 10.2 Å². The maximum Gasteiger partial charge on any atom is 0.252 e. The van der Waals surface area contributed by atoms with Crippen molar-refractivity contribution in [1.29, 1.82) is 0 Å². The van der Waals surface area contributed by atoms with Crippen LogP contribution >= 0.6 is 0 Å². The van der Waals surface area contributed by atoms with Gasteiger partial charge in [-0.05, 0) is 93.5 Å². The molecule has 2 aromatic rings. The van der Waals surface area contributed by atoms with Crippen molar-refractivity contribution in [2.45, 2.75) is 51.5 Å². The number of amides is 1. The molecule has 174 valence electrons. The summed E-state index contributed by atoms with van der Waals surface area (Å²) >= 11 is 0. The van der Waals surface area contributed by atoms with Gasteiger partial charge in [-0.2, -0.15) is 0 Å². The van der Waals surface area contributed by atoms with Crippen LogP contribution in [0.4, 0.5) is 10.1 Å². The van der Waals surface area contributed by atoms with E-state index in [1.165, 1.54) is 29.8 Å². The number of anilines is 1. The average Bonchev–Trinajstić information content (AvgIpc) is 3.72. The van der Waals surface area contributed by atoms with E-state index in [9.17, 15) is 9.18 Å². The number of allylic oxidation sites excluding steroid dienone is 3. The second-order valence-electron chi connectivity index (χ2n) is 10.4. The molecule has 0 radical (unpaired) electrons. The van der Waals surface area contributed by atoms with Gasteiger partial charge in [0, 0.05) is 23.7 Å². The first kappa shape index (κ1) is 21.3. The zero-order valence-corrected chi connectivity index (χ0v) is 19.8. The van der Waals surface area contributed by atoms with Crippen LogP contribution in [0.15, 0.2) is 64.9 Å². The number of benzene rings is 1. The number of halogens is 1.